The molecule has 2 heterocycles. The SMILES string of the molecule is c1ccc2cc(-c3c4cccc(-c5cc6c7ccccc7oc6c6ccccc56)c4cc4c(-c5cc6c7ccccc7oc6c6ccccc56)cccc34)ccc2c1. The summed E-state index contributed by atoms with van der Waals surface area (Å²) in [5.74, 6) is 0. The van der Waals surface area contributed by atoms with E-state index in [1.165, 1.54) is 76.5 Å². The van der Waals surface area contributed by atoms with Gasteiger partial charge in [0.05, 0.1) is 0 Å². The smallest absolute Gasteiger partial charge is 0.143 e. The van der Waals surface area contributed by atoms with Gasteiger partial charge in [-0.25, -0.2) is 0 Å². The molecule has 58 heavy (non-hydrogen) atoms. The minimum Gasteiger partial charge on any atom is -0.455 e. The second-order valence-corrected chi connectivity index (χ2v) is 15.5. The molecule has 2 aromatic heterocycles. The Morgan fingerprint density at radius 1 is 0.241 bits per heavy atom. The molecule has 2 heteroatoms. The quantitative estimate of drug-likeness (QED) is 0.169. The van der Waals surface area contributed by atoms with Crippen LogP contribution in [0.2, 0.25) is 0 Å². The van der Waals surface area contributed by atoms with Crippen molar-refractivity contribution in [1.29, 1.82) is 0 Å². The third-order valence-corrected chi connectivity index (χ3v) is 12.4. The van der Waals surface area contributed by atoms with Crippen molar-refractivity contribution in [3.8, 4) is 33.4 Å². The van der Waals surface area contributed by atoms with Crippen LogP contribution in [0.3, 0.4) is 0 Å². The molecule has 0 unspecified atom stereocenters. The molecule has 0 saturated heterocycles. The summed E-state index contributed by atoms with van der Waals surface area (Å²) in [6.07, 6.45) is 0. The van der Waals surface area contributed by atoms with Crippen molar-refractivity contribution < 1.29 is 8.83 Å². The molecule has 0 amide bonds. The van der Waals surface area contributed by atoms with Crippen LogP contribution >= 0.6 is 0 Å². The van der Waals surface area contributed by atoms with E-state index in [0.717, 1.165) is 54.6 Å². The van der Waals surface area contributed by atoms with Crippen molar-refractivity contribution in [3.05, 3.63) is 194 Å². The number of para-hydroxylation sites is 2. The molecule has 0 aliphatic carbocycles. The molecule has 0 aliphatic rings. The Kier molecular flexibility index (Phi) is 6.47. The van der Waals surface area contributed by atoms with E-state index in [1.807, 2.05) is 12.1 Å². The lowest BCUT2D eigenvalue weighted by atomic mass is 9.84. The Morgan fingerprint density at radius 2 is 0.690 bits per heavy atom. The van der Waals surface area contributed by atoms with E-state index in [9.17, 15) is 0 Å². The molecule has 0 bridgehead atoms. The number of furan rings is 2. The molecule has 0 atom stereocenters. The van der Waals surface area contributed by atoms with E-state index in [1.54, 1.807) is 0 Å². The van der Waals surface area contributed by atoms with Gasteiger partial charge in [-0.15, -0.1) is 0 Å². The topological polar surface area (TPSA) is 26.3 Å². The average molecular weight is 737 g/mol. The highest BCUT2D eigenvalue weighted by Crippen LogP contribution is 2.48. The first-order chi connectivity index (χ1) is 28.8. The molecule has 2 nitrogen and oxygen atoms in total. The van der Waals surface area contributed by atoms with E-state index >= 15 is 0 Å². The van der Waals surface area contributed by atoms with Crippen LogP contribution in [0.15, 0.2) is 203 Å². The third kappa shape index (κ3) is 4.43. The predicted molar refractivity (Wildman–Crippen MR) is 245 cm³/mol. The van der Waals surface area contributed by atoms with E-state index < -0.39 is 0 Å². The number of rotatable bonds is 3. The Balaban J connectivity index is 1.19. The lowest BCUT2D eigenvalue weighted by molar-refractivity contribution is 0.672. The molecule has 0 fully saturated rings. The fraction of sp³-hybridized carbons (Fsp3) is 0. The summed E-state index contributed by atoms with van der Waals surface area (Å²) in [6.45, 7) is 0. The molecule has 268 valence electrons. The van der Waals surface area contributed by atoms with E-state index in [-0.39, 0.29) is 0 Å². The summed E-state index contributed by atoms with van der Waals surface area (Å²) in [5.41, 5.74) is 10.9. The maximum atomic E-state index is 6.56. The van der Waals surface area contributed by atoms with Crippen LogP contribution in [0.25, 0.3) is 131 Å². The average Bonchev–Trinajstić information content (AvgIpc) is 3.86. The second kappa shape index (κ2) is 11.9. The Hall–Kier alpha value is -7.68. The van der Waals surface area contributed by atoms with Gasteiger partial charge >= 0.3 is 0 Å². The number of fused-ring (bicyclic) bond motifs is 13. The summed E-state index contributed by atoms with van der Waals surface area (Å²) >= 11 is 0. The first kappa shape index (κ1) is 31.5. The first-order valence-corrected chi connectivity index (χ1v) is 19.9. The molecule has 0 spiro atoms. The molecule has 0 N–H and O–H groups in total. The normalized spacial score (nSPS) is 12.1. The zero-order valence-electron chi connectivity index (χ0n) is 31.3. The Labute approximate surface area is 332 Å². The zero-order chi connectivity index (χ0) is 37.9. The lowest BCUT2D eigenvalue weighted by Gasteiger charge is -2.19. The van der Waals surface area contributed by atoms with Gasteiger partial charge in [-0.3, -0.25) is 0 Å². The van der Waals surface area contributed by atoms with Crippen LogP contribution in [0.4, 0.5) is 0 Å². The lowest BCUT2D eigenvalue weighted by Crippen LogP contribution is -1.92. The highest BCUT2D eigenvalue weighted by molar-refractivity contribution is 6.26. The van der Waals surface area contributed by atoms with Gasteiger partial charge in [0.2, 0.25) is 0 Å². The van der Waals surface area contributed by atoms with Gasteiger partial charge in [0.15, 0.2) is 0 Å². The Morgan fingerprint density at radius 3 is 1.24 bits per heavy atom. The fourth-order valence-electron chi connectivity index (χ4n) is 9.83. The van der Waals surface area contributed by atoms with E-state index in [0.29, 0.717) is 0 Å². The summed E-state index contributed by atoms with van der Waals surface area (Å²) < 4.78 is 13.1. The van der Waals surface area contributed by atoms with E-state index in [4.69, 9.17) is 8.83 Å². The van der Waals surface area contributed by atoms with Gasteiger partial charge in [-0.2, -0.15) is 0 Å². The largest absolute Gasteiger partial charge is 0.455 e. The Bertz CT molecular complexity index is 3650. The van der Waals surface area contributed by atoms with Crippen molar-refractivity contribution in [1.82, 2.24) is 0 Å². The van der Waals surface area contributed by atoms with Crippen molar-refractivity contribution in [2.45, 2.75) is 0 Å². The number of benzene rings is 11. The molecule has 0 saturated carbocycles. The second-order valence-electron chi connectivity index (χ2n) is 15.5. The van der Waals surface area contributed by atoms with Crippen molar-refractivity contribution >= 4 is 97.7 Å². The summed E-state index contributed by atoms with van der Waals surface area (Å²) in [5, 5.41) is 16.4. The van der Waals surface area contributed by atoms with Gasteiger partial charge in [-0.1, -0.05) is 158 Å². The molecule has 0 aliphatic heterocycles. The summed E-state index contributed by atoms with van der Waals surface area (Å²) in [4.78, 5) is 0. The molecular weight excluding hydrogens is 705 g/mol. The third-order valence-electron chi connectivity index (χ3n) is 12.4. The number of hydrogen-bond donors (Lipinski definition) is 0. The highest BCUT2D eigenvalue weighted by atomic mass is 16.3. The monoisotopic (exact) mass is 736 g/mol. The molecule has 13 rings (SSSR count). The highest BCUT2D eigenvalue weighted by Gasteiger charge is 2.21. The standard InChI is InChI=1S/C56H32O2/c1-2-14-34-29-35(28-27-33(34)13-1)54-42-23-11-21-38(46-31-50-40-17-7-9-25-52(40)57-55(50)44-19-5-3-15-36(44)46)48(42)30-49-39(22-12-24-43(49)54)47-32-51-41-18-8-10-26-53(41)58-56(51)45-20-6-4-16-37(45)47/h1-32H. The number of hydrogen-bond acceptors (Lipinski definition) is 2. The fourth-order valence-corrected chi connectivity index (χ4v) is 9.83. The summed E-state index contributed by atoms with van der Waals surface area (Å²) in [6, 6.07) is 70.6. The van der Waals surface area contributed by atoms with Crippen LogP contribution in [0.5, 0.6) is 0 Å². The minimum absolute atomic E-state index is 0.904. The van der Waals surface area contributed by atoms with Crippen molar-refractivity contribution in [2.24, 2.45) is 0 Å². The van der Waals surface area contributed by atoms with Gasteiger partial charge in [0.25, 0.3) is 0 Å². The van der Waals surface area contributed by atoms with Gasteiger partial charge in [0, 0.05) is 32.3 Å². The minimum atomic E-state index is 0.904. The molecular formula is C56H32O2. The van der Waals surface area contributed by atoms with Crippen LogP contribution < -0.4 is 0 Å². The van der Waals surface area contributed by atoms with Crippen molar-refractivity contribution in [3.63, 3.8) is 0 Å². The molecule has 11 aromatic carbocycles. The van der Waals surface area contributed by atoms with Gasteiger partial charge in [-0.05, 0) is 113 Å². The zero-order valence-corrected chi connectivity index (χ0v) is 31.3. The maximum Gasteiger partial charge on any atom is 0.143 e. The van der Waals surface area contributed by atoms with Crippen LogP contribution in [0.1, 0.15) is 0 Å². The van der Waals surface area contributed by atoms with Gasteiger partial charge in [0.1, 0.15) is 22.3 Å². The van der Waals surface area contributed by atoms with E-state index in [2.05, 4.69) is 182 Å². The van der Waals surface area contributed by atoms with Gasteiger partial charge < -0.3 is 8.83 Å². The predicted octanol–water partition coefficient (Wildman–Crippen LogP) is 16.3. The first-order valence-electron chi connectivity index (χ1n) is 19.9. The molecule has 0 radical (unpaired) electrons. The van der Waals surface area contributed by atoms with Crippen LogP contribution in [-0.2, 0) is 0 Å². The molecule has 13 aromatic rings. The summed E-state index contributed by atoms with van der Waals surface area (Å²) in [7, 11) is 0. The maximum absolute atomic E-state index is 6.56. The van der Waals surface area contributed by atoms with Crippen LogP contribution in [-0.4, -0.2) is 0 Å². The van der Waals surface area contributed by atoms with Crippen molar-refractivity contribution in [2.75, 3.05) is 0 Å². The van der Waals surface area contributed by atoms with Crippen LogP contribution in [0, 0.1) is 0 Å².